The molecule has 3 unspecified atom stereocenters. The molecule has 0 bridgehead atoms. The molecule has 1 aromatic rings. The molecule has 0 radical (unpaired) electrons. The van der Waals surface area contributed by atoms with Crippen molar-refractivity contribution >= 4 is 11.5 Å². The zero-order valence-corrected chi connectivity index (χ0v) is 13.0. The third-order valence-electron chi connectivity index (χ3n) is 3.83. The Bertz CT molecular complexity index is 467. The van der Waals surface area contributed by atoms with E-state index in [4.69, 9.17) is 0 Å². The van der Waals surface area contributed by atoms with E-state index in [1.807, 2.05) is 0 Å². The molecule has 3 atom stereocenters. The van der Waals surface area contributed by atoms with Crippen molar-refractivity contribution in [2.75, 3.05) is 25.0 Å². The van der Waals surface area contributed by atoms with E-state index in [-0.39, 0.29) is 11.7 Å². The maximum absolute atomic E-state index is 10.6. The third kappa shape index (κ3) is 4.67. The summed E-state index contributed by atoms with van der Waals surface area (Å²) in [4.78, 5) is 16.7. The number of rotatable bonds is 5. The van der Waals surface area contributed by atoms with Crippen molar-refractivity contribution in [3.63, 3.8) is 0 Å². The van der Waals surface area contributed by atoms with Crippen molar-refractivity contribution in [1.82, 2.24) is 9.88 Å². The van der Waals surface area contributed by atoms with Gasteiger partial charge in [-0.2, -0.15) is 0 Å². The zero-order chi connectivity index (χ0) is 15.4. The van der Waals surface area contributed by atoms with Crippen LogP contribution >= 0.6 is 0 Å². The van der Waals surface area contributed by atoms with Crippen LogP contribution in [0.15, 0.2) is 18.3 Å². The standard InChI is InChI=1S/C15H24N4O2/c1-11-6-12(2)9-18(8-11)10-13(3)17-15-5-4-14(7-16-15)19(20)21/h4-5,7,11-13H,6,8-10H2,1-3H3,(H,16,17). The van der Waals surface area contributed by atoms with E-state index < -0.39 is 4.92 Å². The Balaban J connectivity index is 1.86. The quantitative estimate of drug-likeness (QED) is 0.667. The fraction of sp³-hybridized carbons (Fsp3) is 0.667. The monoisotopic (exact) mass is 292 g/mol. The van der Waals surface area contributed by atoms with E-state index in [0.717, 1.165) is 31.5 Å². The van der Waals surface area contributed by atoms with Gasteiger partial charge >= 0.3 is 0 Å². The minimum absolute atomic E-state index is 0.0203. The van der Waals surface area contributed by atoms with Gasteiger partial charge in [-0.3, -0.25) is 10.1 Å². The van der Waals surface area contributed by atoms with Gasteiger partial charge in [-0.05, 0) is 31.2 Å². The summed E-state index contributed by atoms with van der Waals surface area (Å²) in [5, 5.41) is 13.9. The summed E-state index contributed by atoms with van der Waals surface area (Å²) in [6, 6.07) is 3.40. The number of nitrogens with one attached hydrogen (secondary N) is 1. The van der Waals surface area contributed by atoms with Gasteiger partial charge in [-0.1, -0.05) is 13.8 Å². The van der Waals surface area contributed by atoms with Crippen LogP contribution in [0.2, 0.25) is 0 Å². The maximum Gasteiger partial charge on any atom is 0.287 e. The molecule has 1 saturated heterocycles. The van der Waals surface area contributed by atoms with Crippen molar-refractivity contribution in [2.45, 2.75) is 33.2 Å². The molecule has 0 aliphatic carbocycles. The fourth-order valence-electron chi connectivity index (χ4n) is 3.21. The molecular formula is C15H24N4O2. The second-order valence-corrected chi connectivity index (χ2v) is 6.37. The largest absolute Gasteiger partial charge is 0.366 e. The van der Waals surface area contributed by atoms with Crippen molar-refractivity contribution in [3.05, 3.63) is 28.4 Å². The first-order valence-electron chi connectivity index (χ1n) is 7.53. The Morgan fingerprint density at radius 3 is 2.62 bits per heavy atom. The van der Waals surface area contributed by atoms with Crippen LogP contribution < -0.4 is 5.32 Å². The highest BCUT2D eigenvalue weighted by atomic mass is 16.6. The number of hydrogen-bond donors (Lipinski definition) is 1. The molecule has 2 rings (SSSR count). The third-order valence-corrected chi connectivity index (χ3v) is 3.83. The number of nitro groups is 1. The summed E-state index contributed by atoms with van der Waals surface area (Å²) >= 11 is 0. The Labute approximate surface area is 125 Å². The summed E-state index contributed by atoms with van der Waals surface area (Å²) in [6.07, 6.45) is 2.60. The summed E-state index contributed by atoms with van der Waals surface area (Å²) in [5.74, 6) is 2.18. The summed E-state index contributed by atoms with van der Waals surface area (Å²) in [6.45, 7) is 9.98. The van der Waals surface area contributed by atoms with Gasteiger partial charge in [0.2, 0.25) is 0 Å². The van der Waals surface area contributed by atoms with Crippen molar-refractivity contribution < 1.29 is 4.92 Å². The van der Waals surface area contributed by atoms with Crippen LogP contribution in [0, 0.1) is 22.0 Å². The highest BCUT2D eigenvalue weighted by molar-refractivity contribution is 5.40. The molecule has 0 amide bonds. The van der Waals surface area contributed by atoms with Crippen LogP contribution in [0.1, 0.15) is 27.2 Å². The molecule has 6 nitrogen and oxygen atoms in total. The van der Waals surface area contributed by atoms with Crippen LogP contribution in [0.25, 0.3) is 0 Å². The lowest BCUT2D eigenvalue weighted by atomic mass is 9.92. The Morgan fingerprint density at radius 1 is 1.43 bits per heavy atom. The van der Waals surface area contributed by atoms with Crippen molar-refractivity contribution in [1.29, 1.82) is 0 Å². The number of pyridine rings is 1. The van der Waals surface area contributed by atoms with Crippen LogP contribution in [0.3, 0.4) is 0 Å². The SMILES string of the molecule is CC1CC(C)CN(CC(C)Nc2ccc([N+](=O)[O-])cn2)C1. The number of hydrogen-bond acceptors (Lipinski definition) is 5. The normalized spacial score (nSPS) is 24.5. The lowest BCUT2D eigenvalue weighted by molar-refractivity contribution is -0.385. The van der Waals surface area contributed by atoms with E-state index in [1.54, 1.807) is 6.07 Å². The Hall–Kier alpha value is -1.69. The van der Waals surface area contributed by atoms with Gasteiger partial charge in [-0.25, -0.2) is 4.98 Å². The number of nitrogens with zero attached hydrogens (tertiary/aromatic N) is 3. The van der Waals surface area contributed by atoms with Crippen molar-refractivity contribution in [3.8, 4) is 0 Å². The smallest absolute Gasteiger partial charge is 0.287 e. The molecular weight excluding hydrogens is 268 g/mol. The maximum atomic E-state index is 10.6. The Morgan fingerprint density at radius 2 is 2.10 bits per heavy atom. The predicted molar refractivity (Wildman–Crippen MR) is 83.4 cm³/mol. The lowest BCUT2D eigenvalue weighted by Crippen LogP contribution is -2.43. The molecule has 0 saturated carbocycles. The molecule has 116 valence electrons. The first kappa shape index (κ1) is 15.7. The number of piperidine rings is 1. The number of anilines is 1. The topological polar surface area (TPSA) is 71.3 Å². The minimum atomic E-state index is -0.434. The van der Waals surface area contributed by atoms with E-state index >= 15 is 0 Å². The van der Waals surface area contributed by atoms with Crippen molar-refractivity contribution in [2.24, 2.45) is 11.8 Å². The molecule has 1 aliphatic heterocycles. The van der Waals surface area contributed by atoms with Gasteiger partial charge in [0, 0.05) is 31.7 Å². The van der Waals surface area contributed by atoms with E-state index in [0.29, 0.717) is 5.82 Å². The lowest BCUT2D eigenvalue weighted by Gasteiger charge is -2.36. The zero-order valence-electron chi connectivity index (χ0n) is 13.0. The summed E-state index contributed by atoms with van der Waals surface area (Å²) < 4.78 is 0. The Kier molecular flexibility index (Phi) is 5.12. The van der Waals surface area contributed by atoms with Gasteiger partial charge in [0.25, 0.3) is 5.69 Å². The van der Waals surface area contributed by atoms with Gasteiger partial charge in [0.05, 0.1) is 4.92 Å². The molecule has 0 spiro atoms. The number of likely N-dealkylation sites (tertiary alicyclic amines) is 1. The second kappa shape index (κ2) is 6.85. The van der Waals surface area contributed by atoms with Gasteiger partial charge < -0.3 is 10.2 Å². The van der Waals surface area contributed by atoms with E-state index in [2.05, 4.69) is 36.0 Å². The van der Waals surface area contributed by atoms with Crippen LogP contribution in [0.5, 0.6) is 0 Å². The molecule has 2 heterocycles. The average Bonchev–Trinajstić information content (AvgIpc) is 2.37. The summed E-state index contributed by atoms with van der Waals surface area (Å²) in [5.41, 5.74) is 0.0203. The van der Waals surface area contributed by atoms with Gasteiger partial charge in [-0.15, -0.1) is 0 Å². The highest BCUT2D eigenvalue weighted by Gasteiger charge is 2.22. The molecule has 1 aromatic heterocycles. The number of aromatic nitrogens is 1. The average molecular weight is 292 g/mol. The minimum Gasteiger partial charge on any atom is -0.366 e. The summed E-state index contributed by atoms with van der Waals surface area (Å²) in [7, 11) is 0. The second-order valence-electron chi connectivity index (χ2n) is 6.37. The first-order chi connectivity index (χ1) is 9.94. The van der Waals surface area contributed by atoms with Crippen LogP contribution in [-0.4, -0.2) is 40.5 Å². The molecule has 1 fully saturated rings. The molecule has 0 aromatic carbocycles. The highest BCUT2D eigenvalue weighted by Crippen LogP contribution is 2.21. The van der Waals surface area contributed by atoms with Gasteiger partial charge in [0.15, 0.2) is 0 Å². The molecule has 1 N–H and O–H groups in total. The molecule has 6 heteroatoms. The predicted octanol–water partition coefficient (Wildman–Crippen LogP) is 2.77. The first-order valence-corrected chi connectivity index (χ1v) is 7.53. The molecule has 21 heavy (non-hydrogen) atoms. The van der Waals surface area contributed by atoms with E-state index in [9.17, 15) is 10.1 Å². The van der Waals surface area contributed by atoms with Crippen LogP contribution in [-0.2, 0) is 0 Å². The molecule has 1 aliphatic rings. The fourth-order valence-corrected chi connectivity index (χ4v) is 3.21. The van der Waals surface area contributed by atoms with Gasteiger partial charge in [0.1, 0.15) is 12.0 Å². The van der Waals surface area contributed by atoms with E-state index in [1.165, 1.54) is 18.7 Å². The van der Waals surface area contributed by atoms with Crippen LogP contribution in [0.4, 0.5) is 11.5 Å².